The number of hydrogen-bond donors (Lipinski definition) is 1. The van der Waals surface area contributed by atoms with Crippen LogP contribution in [0.1, 0.15) is 12.8 Å². The summed E-state index contributed by atoms with van der Waals surface area (Å²) in [5, 5.41) is 3.25. The second kappa shape index (κ2) is 9.62. The first-order valence-corrected chi connectivity index (χ1v) is 7.92. The molecular formula is C15H23BrClFN2O. The number of nitrogens with zero attached hydrogens (tertiary/aromatic N) is 1. The van der Waals surface area contributed by atoms with Gasteiger partial charge in [-0.05, 0) is 51.0 Å². The zero-order valence-electron chi connectivity index (χ0n) is 12.3. The third kappa shape index (κ3) is 6.51. The van der Waals surface area contributed by atoms with Crippen LogP contribution in [0.15, 0.2) is 22.7 Å². The Kier molecular flexibility index (Phi) is 8.56. The molecule has 1 aliphatic rings. The molecule has 1 aromatic rings. The lowest BCUT2D eigenvalue weighted by Gasteiger charge is -2.32. The molecule has 1 aliphatic heterocycles. The number of benzene rings is 1. The molecule has 0 spiro atoms. The molecular weight excluding hydrogens is 359 g/mol. The van der Waals surface area contributed by atoms with E-state index >= 15 is 0 Å². The second-order valence-electron chi connectivity index (χ2n) is 5.32. The van der Waals surface area contributed by atoms with E-state index < -0.39 is 0 Å². The van der Waals surface area contributed by atoms with E-state index in [0.717, 1.165) is 32.1 Å². The summed E-state index contributed by atoms with van der Waals surface area (Å²) in [7, 11) is 2.00. The number of halogens is 3. The van der Waals surface area contributed by atoms with Gasteiger partial charge < -0.3 is 10.1 Å². The highest BCUT2D eigenvalue weighted by molar-refractivity contribution is 9.10. The predicted octanol–water partition coefficient (Wildman–Crippen LogP) is 3.32. The molecule has 6 heteroatoms. The highest BCUT2D eigenvalue weighted by Crippen LogP contribution is 2.21. The summed E-state index contributed by atoms with van der Waals surface area (Å²) in [5.41, 5.74) is 0. The molecule has 1 atom stereocenters. The first-order chi connectivity index (χ1) is 9.67. The summed E-state index contributed by atoms with van der Waals surface area (Å²) in [6, 6.07) is 4.65. The van der Waals surface area contributed by atoms with Gasteiger partial charge in [-0.25, -0.2) is 4.39 Å². The second-order valence-corrected chi connectivity index (χ2v) is 6.24. The smallest absolute Gasteiger partial charge is 0.128 e. The van der Waals surface area contributed by atoms with Gasteiger partial charge in [0, 0.05) is 23.6 Å². The Labute approximate surface area is 140 Å². The van der Waals surface area contributed by atoms with Crippen molar-refractivity contribution in [2.24, 2.45) is 5.92 Å². The molecule has 120 valence electrons. The molecule has 1 fully saturated rings. The molecule has 21 heavy (non-hydrogen) atoms. The number of likely N-dealkylation sites (tertiary alicyclic amines) is 1. The van der Waals surface area contributed by atoms with Gasteiger partial charge in [-0.15, -0.1) is 12.4 Å². The van der Waals surface area contributed by atoms with Crippen molar-refractivity contribution in [2.45, 2.75) is 12.8 Å². The molecule has 0 saturated carbocycles. The highest BCUT2D eigenvalue weighted by Gasteiger charge is 2.18. The van der Waals surface area contributed by atoms with Crippen LogP contribution in [0.25, 0.3) is 0 Å². The Hall–Kier alpha value is -0.360. The van der Waals surface area contributed by atoms with Crippen LogP contribution in [0, 0.1) is 11.7 Å². The largest absolute Gasteiger partial charge is 0.492 e. The van der Waals surface area contributed by atoms with Gasteiger partial charge in [0.2, 0.25) is 0 Å². The predicted molar refractivity (Wildman–Crippen MR) is 89.9 cm³/mol. The minimum Gasteiger partial charge on any atom is -0.492 e. The summed E-state index contributed by atoms with van der Waals surface area (Å²) in [4.78, 5) is 2.43. The lowest BCUT2D eigenvalue weighted by Crippen LogP contribution is -2.40. The van der Waals surface area contributed by atoms with Gasteiger partial charge in [0.15, 0.2) is 0 Å². The van der Waals surface area contributed by atoms with Gasteiger partial charge in [-0.3, -0.25) is 4.90 Å². The Bertz CT molecular complexity index is 414. The molecule has 3 nitrogen and oxygen atoms in total. The third-order valence-corrected chi connectivity index (χ3v) is 4.07. The summed E-state index contributed by atoms with van der Waals surface area (Å²) >= 11 is 3.27. The zero-order valence-corrected chi connectivity index (χ0v) is 14.7. The van der Waals surface area contributed by atoms with Gasteiger partial charge >= 0.3 is 0 Å². The molecule has 0 aromatic heterocycles. The molecule has 0 amide bonds. The van der Waals surface area contributed by atoms with Gasteiger partial charge in [0.05, 0.1) is 0 Å². The van der Waals surface area contributed by atoms with E-state index in [2.05, 4.69) is 26.1 Å². The average molecular weight is 382 g/mol. The quantitative estimate of drug-likeness (QED) is 0.818. The summed E-state index contributed by atoms with van der Waals surface area (Å²) in [5.74, 6) is 1.04. The Morgan fingerprint density at radius 3 is 2.95 bits per heavy atom. The number of ether oxygens (including phenoxy) is 1. The Morgan fingerprint density at radius 2 is 2.24 bits per heavy atom. The molecule has 1 heterocycles. The van der Waals surface area contributed by atoms with Crippen molar-refractivity contribution in [3.8, 4) is 5.75 Å². The molecule has 1 N–H and O–H groups in total. The van der Waals surface area contributed by atoms with Crippen molar-refractivity contribution in [2.75, 3.05) is 39.8 Å². The normalized spacial score (nSPS) is 19.1. The van der Waals surface area contributed by atoms with Crippen LogP contribution in [-0.2, 0) is 0 Å². The lowest BCUT2D eigenvalue weighted by molar-refractivity contribution is 0.146. The number of nitrogens with one attached hydrogen (secondary N) is 1. The highest BCUT2D eigenvalue weighted by atomic mass is 79.9. The van der Waals surface area contributed by atoms with E-state index in [0.29, 0.717) is 16.8 Å². The van der Waals surface area contributed by atoms with Crippen molar-refractivity contribution in [3.63, 3.8) is 0 Å². The maximum Gasteiger partial charge on any atom is 0.128 e. The molecule has 1 unspecified atom stereocenters. The first kappa shape index (κ1) is 18.7. The maximum atomic E-state index is 13.2. The van der Waals surface area contributed by atoms with Crippen LogP contribution in [0.5, 0.6) is 5.75 Å². The fourth-order valence-electron chi connectivity index (χ4n) is 2.71. The minimum atomic E-state index is -0.276. The van der Waals surface area contributed by atoms with Gasteiger partial charge in [-0.2, -0.15) is 0 Å². The van der Waals surface area contributed by atoms with E-state index in [1.165, 1.54) is 25.0 Å². The van der Waals surface area contributed by atoms with Crippen LogP contribution in [-0.4, -0.2) is 44.7 Å². The summed E-state index contributed by atoms with van der Waals surface area (Å²) in [6.07, 6.45) is 2.55. The number of piperidine rings is 1. The third-order valence-electron chi connectivity index (χ3n) is 3.61. The zero-order chi connectivity index (χ0) is 14.4. The van der Waals surface area contributed by atoms with E-state index in [4.69, 9.17) is 4.74 Å². The SMILES string of the molecule is CNCC1CCCN(CCOc2cc(F)cc(Br)c2)C1.Cl. The van der Waals surface area contributed by atoms with E-state index in [-0.39, 0.29) is 18.2 Å². The van der Waals surface area contributed by atoms with Gasteiger partial charge in [0.25, 0.3) is 0 Å². The molecule has 0 bridgehead atoms. The van der Waals surface area contributed by atoms with Crippen molar-refractivity contribution >= 4 is 28.3 Å². The Morgan fingerprint density at radius 1 is 1.43 bits per heavy atom. The van der Waals surface area contributed by atoms with Gasteiger partial charge in [-0.1, -0.05) is 15.9 Å². The van der Waals surface area contributed by atoms with E-state index in [9.17, 15) is 4.39 Å². The van der Waals surface area contributed by atoms with Crippen molar-refractivity contribution in [1.29, 1.82) is 0 Å². The molecule has 1 saturated heterocycles. The number of hydrogen-bond acceptors (Lipinski definition) is 3. The standard InChI is InChI=1S/C15H22BrFN2O.ClH/c1-18-10-12-3-2-4-19(11-12)5-6-20-15-8-13(16)7-14(17)9-15;/h7-9,12,18H,2-6,10-11H2,1H3;1H. The van der Waals surface area contributed by atoms with Crippen LogP contribution in [0.3, 0.4) is 0 Å². The first-order valence-electron chi connectivity index (χ1n) is 7.13. The van der Waals surface area contributed by atoms with Crippen molar-refractivity contribution < 1.29 is 9.13 Å². The summed E-state index contributed by atoms with van der Waals surface area (Å²) < 4.78 is 19.6. The van der Waals surface area contributed by atoms with Crippen molar-refractivity contribution in [3.05, 3.63) is 28.5 Å². The fraction of sp³-hybridized carbons (Fsp3) is 0.600. The topological polar surface area (TPSA) is 24.5 Å². The fourth-order valence-corrected chi connectivity index (χ4v) is 3.16. The van der Waals surface area contributed by atoms with E-state index in [1.54, 1.807) is 6.07 Å². The monoisotopic (exact) mass is 380 g/mol. The average Bonchev–Trinajstić information content (AvgIpc) is 2.38. The van der Waals surface area contributed by atoms with Crippen LogP contribution < -0.4 is 10.1 Å². The minimum absolute atomic E-state index is 0. The number of rotatable bonds is 6. The van der Waals surface area contributed by atoms with Crippen molar-refractivity contribution in [1.82, 2.24) is 10.2 Å². The van der Waals surface area contributed by atoms with Crippen LogP contribution >= 0.6 is 28.3 Å². The summed E-state index contributed by atoms with van der Waals surface area (Å²) in [6.45, 7) is 4.83. The van der Waals surface area contributed by atoms with Crippen LogP contribution in [0.4, 0.5) is 4.39 Å². The molecule has 1 aromatic carbocycles. The molecule has 2 rings (SSSR count). The van der Waals surface area contributed by atoms with Crippen LogP contribution in [0.2, 0.25) is 0 Å². The van der Waals surface area contributed by atoms with Gasteiger partial charge in [0.1, 0.15) is 18.2 Å². The maximum absolute atomic E-state index is 13.2. The molecule has 0 aliphatic carbocycles. The molecule has 0 radical (unpaired) electrons. The van der Waals surface area contributed by atoms with E-state index in [1.807, 2.05) is 7.05 Å². The lowest BCUT2D eigenvalue weighted by atomic mass is 9.98. The Balaban J connectivity index is 0.00000220.